The second-order valence-corrected chi connectivity index (χ2v) is 14.0. The van der Waals surface area contributed by atoms with Crippen LogP contribution in [0.15, 0.2) is 194 Å². The van der Waals surface area contributed by atoms with Crippen molar-refractivity contribution < 1.29 is 0 Å². The Bertz CT molecular complexity index is 3230. The van der Waals surface area contributed by atoms with Crippen LogP contribution in [0.3, 0.4) is 0 Å². The highest BCUT2D eigenvalue weighted by molar-refractivity contribution is 6.26. The molecule has 11 aromatic rings. The lowest BCUT2D eigenvalue weighted by Gasteiger charge is -2.18. The van der Waals surface area contributed by atoms with Crippen LogP contribution in [0.5, 0.6) is 0 Å². The number of hydrogen-bond donors (Lipinski definition) is 0. The van der Waals surface area contributed by atoms with E-state index in [1.165, 1.54) is 109 Å². The Morgan fingerprint density at radius 3 is 1.23 bits per heavy atom. The lowest BCUT2D eigenvalue weighted by molar-refractivity contribution is 1.67. The van der Waals surface area contributed by atoms with Crippen molar-refractivity contribution in [2.45, 2.75) is 0 Å². The summed E-state index contributed by atoms with van der Waals surface area (Å²) in [6, 6.07) is 72.0. The van der Waals surface area contributed by atoms with Crippen molar-refractivity contribution in [3.05, 3.63) is 194 Å². The molecule has 0 aliphatic carbocycles. The maximum absolute atomic E-state index is 2.46. The predicted molar refractivity (Wildman–Crippen MR) is 225 cm³/mol. The smallest absolute Gasteiger partial charge is 0.00921 e. The van der Waals surface area contributed by atoms with Crippen LogP contribution in [0.4, 0.5) is 0 Å². The van der Waals surface area contributed by atoms with Crippen molar-refractivity contribution in [1.29, 1.82) is 0 Å². The van der Waals surface area contributed by atoms with Gasteiger partial charge in [0, 0.05) is 0 Å². The molecule has 0 heterocycles. The Kier molecular flexibility index (Phi) is 6.35. The van der Waals surface area contributed by atoms with Crippen molar-refractivity contribution in [2.24, 2.45) is 0 Å². The second kappa shape index (κ2) is 11.4. The second-order valence-electron chi connectivity index (χ2n) is 14.0. The third-order valence-electron chi connectivity index (χ3n) is 11.2. The lowest BCUT2D eigenvalue weighted by atomic mass is 9.85. The summed E-state index contributed by atoms with van der Waals surface area (Å²) in [6.45, 7) is 0. The Morgan fingerprint density at radius 1 is 0.173 bits per heavy atom. The van der Waals surface area contributed by atoms with Crippen LogP contribution in [0.25, 0.3) is 109 Å². The minimum absolute atomic E-state index is 1.22. The van der Waals surface area contributed by atoms with Crippen molar-refractivity contribution in [2.75, 3.05) is 0 Å². The number of rotatable bonds is 3. The van der Waals surface area contributed by atoms with Crippen LogP contribution in [0.1, 0.15) is 0 Å². The van der Waals surface area contributed by atoms with E-state index < -0.39 is 0 Å². The van der Waals surface area contributed by atoms with E-state index in [9.17, 15) is 0 Å². The highest BCUT2D eigenvalue weighted by Gasteiger charge is 2.17. The number of hydrogen-bond acceptors (Lipinski definition) is 0. The van der Waals surface area contributed by atoms with Gasteiger partial charge in [0.2, 0.25) is 0 Å². The van der Waals surface area contributed by atoms with Gasteiger partial charge in [0.25, 0.3) is 0 Å². The van der Waals surface area contributed by atoms with Gasteiger partial charge in [0.1, 0.15) is 0 Å². The average molecular weight is 657 g/mol. The normalized spacial score (nSPS) is 11.8. The summed E-state index contributed by atoms with van der Waals surface area (Å²) in [7, 11) is 0. The fraction of sp³-hybridized carbons (Fsp3) is 0. The molecule has 0 unspecified atom stereocenters. The van der Waals surface area contributed by atoms with Crippen LogP contribution in [-0.2, 0) is 0 Å². The highest BCUT2D eigenvalue weighted by atomic mass is 14.2. The molecule has 0 radical (unpaired) electrons. The molecule has 0 saturated heterocycles. The maximum Gasteiger partial charge on any atom is -0.00921 e. The minimum atomic E-state index is 1.22. The number of benzene rings is 11. The van der Waals surface area contributed by atoms with Gasteiger partial charge in [-0.25, -0.2) is 0 Å². The molecule has 0 nitrogen and oxygen atoms in total. The molecule has 0 fully saturated rings. The average Bonchev–Trinajstić information content (AvgIpc) is 3.22. The quantitative estimate of drug-likeness (QED) is 0.166. The van der Waals surface area contributed by atoms with Gasteiger partial charge < -0.3 is 0 Å². The summed E-state index contributed by atoms with van der Waals surface area (Å²) >= 11 is 0. The maximum atomic E-state index is 2.46. The van der Waals surface area contributed by atoms with E-state index in [1.807, 2.05) is 0 Å². The van der Waals surface area contributed by atoms with Gasteiger partial charge in [-0.3, -0.25) is 0 Å². The van der Waals surface area contributed by atoms with Gasteiger partial charge in [-0.2, -0.15) is 0 Å². The Labute approximate surface area is 301 Å². The summed E-state index contributed by atoms with van der Waals surface area (Å²) < 4.78 is 0. The Balaban J connectivity index is 1.25. The van der Waals surface area contributed by atoms with Gasteiger partial charge in [-0.15, -0.1) is 0 Å². The van der Waals surface area contributed by atoms with Crippen LogP contribution < -0.4 is 0 Å². The minimum Gasteiger partial charge on any atom is -0.0616 e. The van der Waals surface area contributed by atoms with Crippen LogP contribution >= 0.6 is 0 Å². The zero-order valence-corrected chi connectivity index (χ0v) is 28.5. The molecule has 0 amide bonds. The van der Waals surface area contributed by atoms with Crippen molar-refractivity contribution in [1.82, 2.24) is 0 Å². The molecule has 11 aromatic carbocycles. The summed E-state index contributed by atoms with van der Waals surface area (Å²) in [6.07, 6.45) is 0. The molecular weight excluding hydrogens is 625 g/mol. The standard InChI is InChI=1S/C52H32/c1-5-17-40-33(11-1)14-9-21-43(40)49-32-52-48-30-37(36-25-27-42-38(29-36)24-23-35-13-3-4-16-39(35)42)26-28-47(48)50(31-51(52)46-20-8-7-19-45(46)49)44-22-10-15-34-12-2-6-18-41(34)44/h1-32H. The predicted octanol–water partition coefficient (Wildman–Crippen LogP) is 14.8. The molecule has 0 aromatic heterocycles. The molecule has 0 heteroatoms. The van der Waals surface area contributed by atoms with Gasteiger partial charge >= 0.3 is 0 Å². The van der Waals surface area contributed by atoms with Gasteiger partial charge in [0.05, 0.1) is 0 Å². The van der Waals surface area contributed by atoms with E-state index in [1.54, 1.807) is 0 Å². The van der Waals surface area contributed by atoms with Crippen LogP contribution in [0.2, 0.25) is 0 Å². The topological polar surface area (TPSA) is 0 Å². The summed E-state index contributed by atoms with van der Waals surface area (Å²) in [5, 5.41) is 17.8. The van der Waals surface area contributed by atoms with E-state index in [0.717, 1.165) is 0 Å². The molecule has 0 saturated carbocycles. The molecule has 0 bridgehead atoms. The molecular formula is C52H32. The SMILES string of the molecule is c1ccc2c(-c3cc4c5cc(-c6ccc7c(ccc8ccccc87)c6)ccc5c(-c5cccc6ccccc56)cc4c4ccccc34)cccc2c1. The first-order valence-corrected chi connectivity index (χ1v) is 18.1. The third-order valence-corrected chi connectivity index (χ3v) is 11.2. The van der Waals surface area contributed by atoms with Crippen molar-refractivity contribution >= 4 is 75.4 Å². The molecule has 11 rings (SSSR count). The van der Waals surface area contributed by atoms with Crippen molar-refractivity contribution in [3.63, 3.8) is 0 Å². The van der Waals surface area contributed by atoms with E-state index in [0.29, 0.717) is 0 Å². The van der Waals surface area contributed by atoms with Gasteiger partial charge in [-0.1, -0.05) is 170 Å². The van der Waals surface area contributed by atoms with Crippen molar-refractivity contribution in [3.8, 4) is 33.4 Å². The third kappa shape index (κ3) is 4.41. The fourth-order valence-electron chi connectivity index (χ4n) is 8.74. The van der Waals surface area contributed by atoms with E-state index >= 15 is 0 Å². The van der Waals surface area contributed by atoms with Crippen LogP contribution in [0, 0.1) is 0 Å². The summed E-state index contributed by atoms with van der Waals surface area (Å²) in [5.41, 5.74) is 7.50. The van der Waals surface area contributed by atoms with Crippen LogP contribution in [-0.4, -0.2) is 0 Å². The largest absolute Gasteiger partial charge is 0.0616 e. The molecule has 240 valence electrons. The fourth-order valence-corrected chi connectivity index (χ4v) is 8.74. The first-order chi connectivity index (χ1) is 25.8. The molecule has 0 aliphatic heterocycles. The zero-order valence-electron chi connectivity index (χ0n) is 28.5. The highest BCUT2D eigenvalue weighted by Crippen LogP contribution is 2.45. The molecule has 0 N–H and O–H groups in total. The summed E-state index contributed by atoms with van der Waals surface area (Å²) in [5.74, 6) is 0. The Morgan fingerprint density at radius 2 is 0.577 bits per heavy atom. The molecule has 52 heavy (non-hydrogen) atoms. The monoisotopic (exact) mass is 656 g/mol. The molecule has 0 atom stereocenters. The van der Waals surface area contributed by atoms with Gasteiger partial charge in [-0.05, 0) is 133 Å². The van der Waals surface area contributed by atoms with E-state index in [2.05, 4.69) is 194 Å². The zero-order chi connectivity index (χ0) is 34.2. The van der Waals surface area contributed by atoms with E-state index in [-0.39, 0.29) is 0 Å². The first kappa shape index (κ1) is 29.0. The van der Waals surface area contributed by atoms with Gasteiger partial charge in [0.15, 0.2) is 0 Å². The first-order valence-electron chi connectivity index (χ1n) is 18.1. The molecule has 0 aliphatic rings. The number of fused-ring (bicyclic) bond motifs is 10. The van der Waals surface area contributed by atoms with E-state index in [4.69, 9.17) is 0 Å². The Hall–Kier alpha value is -6.76. The summed E-state index contributed by atoms with van der Waals surface area (Å²) in [4.78, 5) is 0. The lowest BCUT2D eigenvalue weighted by Crippen LogP contribution is -1.91. The molecule has 0 spiro atoms.